The Hall–Kier alpha value is -2.34. The average molecular weight is 348 g/mol. The van der Waals surface area contributed by atoms with Crippen molar-refractivity contribution in [1.82, 2.24) is 9.55 Å². The van der Waals surface area contributed by atoms with E-state index in [2.05, 4.69) is 10.3 Å². The predicted octanol–water partition coefficient (Wildman–Crippen LogP) is 2.56. The van der Waals surface area contributed by atoms with Crippen LogP contribution < -0.4 is 10.9 Å². The van der Waals surface area contributed by atoms with Crippen molar-refractivity contribution in [3.8, 4) is 0 Å². The molecule has 0 radical (unpaired) electrons. The fourth-order valence-corrected chi connectivity index (χ4v) is 3.13. The van der Waals surface area contributed by atoms with Crippen molar-refractivity contribution in [2.75, 3.05) is 11.9 Å². The van der Waals surface area contributed by atoms with Gasteiger partial charge in [-0.2, -0.15) is 0 Å². The second-order valence-corrected chi connectivity index (χ2v) is 5.88. The Bertz CT molecular complexity index is 805. The van der Waals surface area contributed by atoms with Gasteiger partial charge in [-0.1, -0.05) is 41.9 Å². The number of fused-ring (bicyclic) bond motifs is 1. The molecule has 0 amide bonds. The molecule has 0 saturated carbocycles. The molecule has 1 aromatic heterocycles. The average Bonchev–Trinajstić information content (AvgIpc) is 3.04. The van der Waals surface area contributed by atoms with Gasteiger partial charge in [0, 0.05) is 6.54 Å². The van der Waals surface area contributed by atoms with E-state index in [9.17, 15) is 9.59 Å². The molecule has 2 heterocycles. The number of hydrogen-bond donors (Lipinski definition) is 1. The van der Waals surface area contributed by atoms with Gasteiger partial charge in [0.05, 0.1) is 12.3 Å². The van der Waals surface area contributed by atoms with Crippen molar-refractivity contribution in [2.45, 2.75) is 32.4 Å². The van der Waals surface area contributed by atoms with Crippen LogP contribution in [0.15, 0.2) is 35.1 Å². The number of anilines is 1. The number of nitrogens with one attached hydrogen (secondary N) is 1. The topological polar surface area (TPSA) is 73.2 Å². The van der Waals surface area contributed by atoms with Crippen LogP contribution in [0.3, 0.4) is 0 Å². The Morgan fingerprint density at radius 2 is 2.17 bits per heavy atom. The highest BCUT2D eigenvalue weighted by molar-refractivity contribution is 6.30. The highest BCUT2D eigenvalue weighted by atomic mass is 35.5. The molecule has 0 spiro atoms. The summed E-state index contributed by atoms with van der Waals surface area (Å²) < 4.78 is 6.48. The minimum Gasteiger partial charge on any atom is -0.464 e. The van der Waals surface area contributed by atoms with Gasteiger partial charge in [0.1, 0.15) is 6.04 Å². The van der Waals surface area contributed by atoms with Crippen LogP contribution >= 0.6 is 11.6 Å². The molecule has 6 nitrogen and oxygen atoms in total. The first-order chi connectivity index (χ1) is 11.6. The summed E-state index contributed by atoms with van der Waals surface area (Å²) in [5.74, 6) is -0.265. The number of esters is 1. The third kappa shape index (κ3) is 3.14. The summed E-state index contributed by atoms with van der Waals surface area (Å²) in [6.07, 6.45) is 1.03. The van der Waals surface area contributed by atoms with Gasteiger partial charge < -0.3 is 10.1 Å². The van der Waals surface area contributed by atoms with Crippen molar-refractivity contribution in [3.05, 3.63) is 57.1 Å². The van der Waals surface area contributed by atoms with Crippen LogP contribution in [0.5, 0.6) is 0 Å². The lowest BCUT2D eigenvalue weighted by atomic mass is 10.2. The van der Waals surface area contributed by atoms with Crippen LogP contribution in [-0.4, -0.2) is 22.1 Å². The van der Waals surface area contributed by atoms with Crippen LogP contribution in [0, 0.1) is 0 Å². The highest BCUT2D eigenvalue weighted by Gasteiger charge is 2.33. The first kappa shape index (κ1) is 16.5. The third-order valence-corrected chi connectivity index (χ3v) is 4.29. The van der Waals surface area contributed by atoms with E-state index in [4.69, 9.17) is 16.3 Å². The quantitative estimate of drug-likeness (QED) is 0.841. The number of ether oxygens (including phenoxy) is 1. The smallest absolute Gasteiger partial charge is 0.329 e. The van der Waals surface area contributed by atoms with Crippen molar-refractivity contribution in [2.24, 2.45) is 0 Å². The lowest BCUT2D eigenvalue weighted by Crippen LogP contribution is -2.31. The molecule has 3 rings (SSSR count). The van der Waals surface area contributed by atoms with E-state index >= 15 is 0 Å². The molecule has 0 fully saturated rings. The molecule has 24 heavy (non-hydrogen) atoms. The predicted molar refractivity (Wildman–Crippen MR) is 91.3 cm³/mol. The van der Waals surface area contributed by atoms with Crippen LogP contribution in [0.25, 0.3) is 0 Å². The van der Waals surface area contributed by atoms with Crippen molar-refractivity contribution in [1.29, 1.82) is 0 Å². The van der Waals surface area contributed by atoms with E-state index in [1.807, 2.05) is 30.3 Å². The van der Waals surface area contributed by atoms with E-state index in [0.717, 1.165) is 5.56 Å². The van der Waals surface area contributed by atoms with E-state index in [1.165, 1.54) is 4.57 Å². The second kappa shape index (κ2) is 7.05. The molecule has 126 valence electrons. The SMILES string of the molecule is CCOC(=O)[C@@H]1CCc2c(Cl)nc(NCc3ccccc3)c(=O)n21. The lowest BCUT2D eigenvalue weighted by molar-refractivity contribution is -0.147. The summed E-state index contributed by atoms with van der Waals surface area (Å²) in [4.78, 5) is 29.0. The summed E-state index contributed by atoms with van der Waals surface area (Å²) in [5, 5.41) is 3.26. The third-order valence-electron chi connectivity index (χ3n) is 3.99. The Kier molecular flexibility index (Phi) is 4.85. The van der Waals surface area contributed by atoms with Gasteiger partial charge in [-0.05, 0) is 25.3 Å². The monoisotopic (exact) mass is 347 g/mol. The van der Waals surface area contributed by atoms with E-state index in [0.29, 0.717) is 25.1 Å². The number of aromatic nitrogens is 2. The fourth-order valence-electron chi connectivity index (χ4n) is 2.86. The van der Waals surface area contributed by atoms with E-state index < -0.39 is 12.0 Å². The standard InChI is InChI=1S/C17H18ClN3O3/c1-2-24-17(23)13-9-8-12-14(18)20-15(16(22)21(12)13)19-10-11-6-4-3-5-7-11/h3-7,13H,2,8-10H2,1H3,(H,19,20)/t13-/m0/s1. The maximum absolute atomic E-state index is 12.7. The van der Waals surface area contributed by atoms with Gasteiger partial charge >= 0.3 is 5.97 Å². The summed E-state index contributed by atoms with van der Waals surface area (Å²) in [5.41, 5.74) is 1.26. The number of nitrogens with zero attached hydrogens (tertiary/aromatic N) is 2. The molecular formula is C17H18ClN3O3. The molecule has 0 aliphatic carbocycles. The van der Waals surface area contributed by atoms with Crippen LogP contribution in [0.2, 0.25) is 5.15 Å². The number of benzene rings is 1. The lowest BCUT2D eigenvalue weighted by Gasteiger charge is -2.15. The summed E-state index contributed by atoms with van der Waals surface area (Å²) >= 11 is 6.21. The van der Waals surface area contributed by atoms with Gasteiger partial charge in [0.15, 0.2) is 11.0 Å². The fraction of sp³-hybridized carbons (Fsp3) is 0.353. The maximum Gasteiger partial charge on any atom is 0.329 e. The Morgan fingerprint density at radius 1 is 1.42 bits per heavy atom. The van der Waals surface area contributed by atoms with Gasteiger partial charge in [-0.25, -0.2) is 9.78 Å². The number of hydrogen-bond acceptors (Lipinski definition) is 5. The van der Waals surface area contributed by atoms with Gasteiger partial charge in [0.2, 0.25) is 0 Å². The number of halogens is 1. The zero-order chi connectivity index (χ0) is 17.1. The number of rotatable bonds is 5. The normalized spacial score (nSPS) is 15.8. The molecule has 1 atom stereocenters. The van der Waals surface area contributed by atoms with Gasteiger partial charge in [-0.3, -0.25) is 9.36 Å². The molecular weight excluding hydrogens is 330 g/mol. The van der Waals surface area contributed by atoms with Gasteiger partial charge in [-0.15, -0.1) is 0 Å². The molecule has 1 aliphatic rings. The molecule has 0 saturated heterocycles. The Morgan fingerprint density at radius 3 is 2.88 bits per heavy atom. The molecule has 1 aliphatic heterocycles. The zero-order valence-electron chi connectivity index (χ0n) is 13.3. The summed E-state index contributed by atoms with van der Waals surface area (Å²) in [6.45, 7) is 2.46. The number of carbonyl (C=O) groups is 1. The molecule has 0 unspecified atom stereocenters. The minimum atomic E-state index is -0.634. The second-order valence-electron chi connectivity index (χ2n) is 5.52. The summed E-state index contributed by atoms with van der Waals surface area (Å²) in [6, 6.07) is 9.02. The van der Waals surface area contributed by atoms with Crippen molar-refractivity contribution < 1.29 is 9.53 Å². The largest absolute Gasteiger partial charge is 0.464 e. The molecule has 7 heteroatoms. The molecule has 1 N–H and O–H groups in total. The molecule has 2 aromatic rings. The highest BCUT2D eigenvalue weighted by Crippen LogP contribution is 2.29. The maximum atomic E-state index is 12.7. The Labute approximate surface area is 144 Å². The minimum absolute atomic E-state index is 0.142. The zero-order valence-corrected chi connectivity index (χ0v) is 14.0. The first-order valence-electron chi connectivity index (χ1n) is 7.87. The number of carbonyl (C=O) groups excluding carboxylic acids is 1. The van der Waals surface area contributed by atoms with E-state index in [1.54, 1.807) is 6.92 Å². The van der Waals surface area contributed by atoms with Gasteiger partial charge in [0.25, 0.3) is 5.56 Å². The van der Waals surface area contributed by atoms with Crippen molar-refractivity contribution in [3.63, 3.8) is 0 Å². The molecule has 0 bridgehead atoms. The van der Waals surface area contributed by atoms with E-state index in [-0.39, 0.29) is 23.1 Å². The Balaban J connectivity index is 1.90. The van der Waals surface area contributed by atoms with Crippen LogP contribution in [0.4, 0.5) is 5.82 Å². The summed E-state index contributed by atoms with van der Waals surface area (Å²) in [7, 11) is 0. The molecule has 1 aromatic carbocycles. The van der Waals surface area contributed by atoms with Crippen molar-refractivity contribution >= 4 is 23.4 Å². The van der Waals surface area contributed by atoms with Crippen LogP contribution in [0.1, 0.15) is 30.6 Å². The first-order valence-corrected chi connectivity index (χ1v) is 8.25. The van der Waals surface area contributed by atoms with Crippen LogP contribution in [-0.2, 0) is 22.5 Å².